The van der Waals surface area contributed by atoms with E-state index in [1.165, 1.54) is 25.3 Å². The molecule has 0 radical (unpaired) electrons. The number of nitrogens with zero attached hydrogens (tertiary/aromatic N) is 2. The number of piperidine rings is 1. The lowest BCUT2D eigenvalue weighted by atomic mass is 10.1. The number of hydrogen-bond donors (Lipinski definition) is 1. The van der Waals surface area contributed by atoms with Crippen LogP contribution in [-0.4, -0.2) is 23.0 Å². The van der Waals surface area contributed by atoms with Gasteiger partial charge in [-0.15, -0.1) is 0 Å². The van der Waals surface area contributed by atoms with Crippen LogP contribution in [0, 0.1) is 10.1 Å². The van der Waals surface area contributed by atoms with E-state index in [0.29, 0.717) is 17.1 Å². The zero-order valence-electron chi connectivity index (χ0n) is 10.1. The lowest BCUT2D eigenvalue weighted by Crippen LogP contribution is -2.41. The quantitative estimate of drug-likeness (QED) is 0.674. The van der Waals surface area contributed by atoms with Crippen LogP contribution in [0.3, 0.4) is 0 Å². The summed E-state index contributed by atoms with van der Waals surface area (Å²) in [6.07, 6.45) is 3.60. The van der Waals surface area contributed by atoms with Crippen LogP contribution in [0.5, 0.6) is 0 Å². The summed E-state index contributed by atoms with van der Waals surface area (Å²) in [6.45, 7) is 2.43. The topological polar surface area (TPSA) is 58.4 Å². The highest BCUT2D eigenvalue weighted by Gasteiger charge is 2.15. The maximum atomic E-state index is 10.9. The number of nitrogens with one attached hydrogen (secondary N) is 1. The minimum Gasteiger partial charge on any atom is -0.258 e. The number of nitro benzene ring substituents is 1. The first-order chi connectivity index (χ1) is 8.66. The van der Waals surface area contributed by atoms with Crippen LogP contribution in [0.15, 0.2) is 18.2 Å². The number of hydrogen-bond acceptors (Lipinski definition) is 4. The number of hydrazine groups is 1. The highest BCUT2D eigenvalue weighted by molar-refractivity contribution is 6.30. The molecular formula is C12H16ClN3O2. The first-order valence-electron chi connectivity index (χ1n) is 6.08. The average Bonchev–Trinajstić information content (AvgIpc) is 2.37. The van der Waals surface area contributed by atoms with Crippen LogP contribution in [0.4, 0.5) is 5.69 Å². The fraction of sp³-hybridized carbons (Fsp3) is 0.500. The molecule has 0 bridgehead atoms. The molecule has 1 heterocycles. The van der Waals surface area contributed by atoms with Gasteiger partial charge in [0.15, 0.2) is 0 Å². The first kappa shape index (κ1) is 13.3. The standard InChI is InChI=1S/C12H16ClN3O2/c13-11-4-5-12(16(17)18)10(8-11)9-14-15-6-2-1-3-7-15/h4-5,8,14H,1-3,6-7,9H2. The smallest absolute Gasteiger partial charge is 0.258 e. The van der Waals surface area contributed by atoms with Crippen molar-refractivity contribution in [1.82, 2.24) is 10.4 Å². The van der Waals surface area contributed by atoms with Crippen LogP contribution in [0.1, 0.15) is 24.8 Å². The second-order valence-corrected chi connectivity index (χ2v) is 4.85. The molecule has 0 unspecified atom stereocenters. The molecule has 0 saturated carbocycles. The second kappa shape index (κ2) is 6.13. The van der Waals surface area contributed by atoms with Gasteiger partial charge in [0.05, 0.1) is 4.92 Å². The van der Waals surface area contributed by atoms with Gasteiger partial charge in [-0.2, -0.15) is 0 Å². The molecule has 5 nitrogen and oxygen atoms in total. The van der Waals surface area contributed by atoms with Crippen molar-refractivity contribution in [2.45, 2.75) is 25.8 Å². The predicted octanol–water partition coefficient (Wildman–Crippen LogP) is 2.74. The Balaban J connectivity index is 2.03. The average molecular weight is 270 g/mol. The Labute approximate surface area is 111 Å². The van der Waals surface area contributed by atoms with Crippen molar-refractivity contribution in [2.75, 3.05) is 13.1 Å². The van der Waals surface area contributed by atoms with Crippen molar-refractivity contribution in [3.05, 3.63) is 38.9 Å². The van der Waals surface area contributed by atoms with Crippen molar-refractivity contribution in [3.63, 3.8) is 0 Å². The van der Waals surface area contributed by atoms with Gasteiger partial charge < -0.3 is 0 Å². The Hall–Kier alpha value is -1.17. The van der Waals surface area contributed by atoms with Gasteiger partial charge in [0.25, 0.3) is 5.69 Å². The summed E-state index contributed by atoms with van der Waals surface area (Å²) in [4.78, 5) is 10.5. The van der Waals surface area contributed by atoms with E-state index < -0.39 is 0 Å². The van der Waals surface area contributed by atoms with E-state index in [1.807, 2.05) is 0 Å². The van der Waals surface area contributed by atoms with Gasteiger partial charge in [0, 0.05) is 36.3 Å². The third-order valence-electron chi connectivity index (χ3n) is 3.09. The molecule has 1 N–H and O–H groups in total. The van der Waals surface area contributed by atoms with Crippen molar-refractivity contribution >= 4 is 17.3 Å². The Morgan fingerprint density at radius 3 is 2.72 bits per heavy atom. The fourth-order valence-corrected chi connectivity index (χ4v) is 2.32. The van der Waals surface area contributed by atoms with Gasteiger partial charge in [-0.1, -0.05) is 18.0 Å². The summed E-state index contributed by atoms with van der Waals surface area (Å²) in [7, 11) is 0. The molecule has 1 aliphatic heterocycles. The van der Waals surface area contributed by atoms with Gasteiger partial charge in [0.2, 0.25) is 0 Å². The zero-order valence-corrected chi connectivity index (χ0v) is 10.8. The molecule has 1 fully saturated rings. The molecule has 98 valence electrons. The normalized spacial score (nSPS) is 16.7. The van der Waals surface area contributed by atoms with Gasteiger partial charge in [0.1, 0.15) is 0 Å². The van der Waals surface area contributed by atoms with Crippen LogP contribution in [-0.2, 0) is 6.54 Å². The Morgan fingerprint density at radius 1 is 1.33 bits per heavy atom. The molecule has 1 aromatic rings. The van der Waals surface area contributed by atoms with E-state index >= 15 is 0 Å². The van der Waals surface area contributed by atoms with E-state index in [4.69, 9.17) is 11.6 Å². The maximum Gasteiger partial charge on any atom is 0.274 e. The highest BCUT2D eigenvalue weighted by Crippen LogP contribution is 2.22. The molecule has 18 heavy (non-hydrogen) atoms. The van der Waals surface area contributed by atoms with E-state index in [1.54, 1.807) is 12.1 Å². The molecule has 0 amide bonds. The summed E-state index contributed by atoms with van der Waals surface area (Å²) >= 11 is 5.88. The lowest BCUT2D eigenvalue weighted by Gasteiger charge is -2.27. The summed E-state index contributed by atoms with van der Waals surface area (Å²) in [5, 5.41) is 13.5. The SMILES string of the molecule is O=[N+]([O-])c1ccc(Cl)cc1CNN1CCCCC1. The zero-order chi connectivity index (χ0) is 13.0. The highest BCUT2D eigenvalue weighted by atomic mass is 35.5. The molecule has 0 atom stereocenters. The first-order valence-corrected chi connectivity index (χ1v) is 6.46. The Kier molecular flexibility index (Phi) is 4.52. The summed E-state index contributed by atoms with van der Waals surface area (Å²) in [5.74, 6) is 0. The molecule has 2 rings (SSSR count). The van der Waals surface area contributed by atoms with Gasteiger partial charge in [-0.3, -0.25) is 15.5 Å². The van der Waals surface area contributed by atoms with E-state index in [2.05, 4.69) is 10.4 Å². The van der Waals surface area contributed by atoms with Crippen LogP contribution in [0.25, 0.3) is 0 Å². The summed E-state index contributed by atoms with van der Waals surface area (Å²) in [6, 6.07) is 4.65. The second-order valence-electron chi connectivity index (χ2n) is 4.41. The molecular weight excluding hydrogens is 254 g/mol. The fourth-order valence-electron chi connectivity index (χ4n) is 2.12. The molecule has 1 aromatic carbocycles. The molecule has 0 aromatic heterocycles. The van der Waals surface area contributed by atoms with Crippen molar-refractivity contribution in [3.8, 4) is 0 Å². The molecule has 1 saturated heterocycles. The van der Waals surface area contributed by atoms with Crippen molar-refractivity contribution in [2.24, 2.45) is 0 Å². The largest absolute Gasteiger partial charge is 0.274 e. The number of rotatable bonds is 4. The number of benzene rings is 1. The number of nitro groups is 1. The predicted molar refractivity (Wildman–Crippen MR) is 70.4 cm³/mol. The third-order valence-corrected chi connectivity index (χ3v) is 3.32. The molecule has 0 aliphatic carbocycles. The van der Waals surface area contributed by atoms with Crippen LogP contribution in [0.2, 0.25) is 5.02 Å². The van der Waals surface area contributed by atoms with Gasteiger partial charge in [-0.05, 0) is 25.0 Å². The summed E-state index contributed by atoms with van der Waals surface area (Å²) < 4.78 is 0. The maximum absolute atomic E-state index is 10.9. The van der Waals surface area contributed by atoms with Crippen molar-refractivity contribution in [1.29, 1.82) is 0 Å². The summed E-state index contributed by atoms with van der Waals surface area (Å²) in [5.41, 5.74) is 3.97. The molecule has 6 heteroatoms. The van der Waals surface area contributed by atoms with Crippen molar-refractivity contribution < 1.29 is 4.92 Å². The number of halogens is 1. The van der Waals surface area contributed by atoms with Crippen LogP contribution < -0.4 is 5.43 Å². The Bertz CT molecular complexity index is 433. The van der Waals surface area contributed by atoms with Crippen LogP contribution >= 0.6 is 11.6 Å². The molecule has 1 aliphatic rings. The van der Waals surface area contributed by atoms with E-state index in [-0.39, 0.29) is 10.6 Å². The van der Waals surface area contributed by atoms with E-state index in [0.717, 1.165) is 13.1 Å². The minimum absolute atomic E-state index is 0.115. The third kappa shape index (κ3) is 3.41. The van der Waals surface area contributed by atoms with E-state index in [9.17, 15) is 10.1 Å². The minimum atomic E-state index is -0.371. The van der Waals surface area contributed by atoms with Gasteiger partial charge >= 0.3 is 0 Å². The lowest BCUT2D eigenvalue weighted by molar-refractivity contribution is -0.385. The Morgan fingerprint density at radius 2 is 2.06 bits per heavy atom. The molecule has 0 spiro atoms. The van der Waals surface area contributed by atoms with Gasteiger partial charge in [-0.25, -0.2) is 5.01 Å². The monoisotopic (exact) mass is 269 g/mol.